The fourth-order valence-electron chi connectivity index (χ4n) is 10.1. The Kier molecular flexibility index (Phi) is 62.1. The summed E-state index contributed by atoms with van der Waals surface area (Å²) in [6, 6.07) is 0. The first-order chi connectivity index (χ1) is 37.0. The average molecular weight is 1050 g/mol. The molecule has 0 saturated carbocycles. The zero-order valence-corrected chi connectivity index (χ0v) is 50.6. The Hall–Kier alpha value is -2.37. The lowest BCUT2D eigenvalue weighted by molar-refractivity contribution is -0.167. The first-order valence-corrected chi connectivity index (χ1v) is 33.5. The van der Waals surface area contributed by atoms with E-state index in [0.717, 1.165) is 89.9 Å². The number of unbranched alkanes of at least 4 members (excludes halogenated alkanes) is 45. The van der Waals surface area contributed by atoms with Crippen LogP contribution in [-0.2, 0) is 28.6 Å². The highest BCUT2D eigenvalue weighted by Gasteiger charge is 2.19. The van der Waals surface area contributed by atoms with Gasteiger partial charge in [0.25, 0.3) is 0 Å². The number of esters is 3. The zero-order valence-electron chi connectivity index (χ0n) is 50.6. The molecule has 0 bridgehead atoms. The molecular formula is C69H128O6. The molecule has 1 atom stereocenters. The summed E-state index contributed by atoms with van der Waals surface area (Å²) in [5.41, 5.74) is 0. The van der Waals surface area contributed by atoms with Gasteiger partial charge in [0.2, 0.25) is 0 Å². The van der Waals surface area contributed by atoms with Crippen molar-refractivity contribution in [3.05, 3.63) is 36.5 Å². The van der Waals surface area contributed by atoms with Crippen LogP contribution in [0.4, 0.5) is 0 Å². The average Bonchev–Trinajstić information content (AvgIpc) is 3.41. The Morgan fingerprint density at radius 2 is 0.507 bits per heavy atom. The SMILES string of the molecule is CCC/C=C\C/C=C\CCCCCCCC(=O)OCC(COC(=O)CCCCCCCCCCCCCCCCCCCCCCCCCCCCCC)OC(=O)CCCCCCC/C=C\CCCCCCCCC. The van der Waals surface area contributed by atoms with E-state index in [2.05, 4.69) is 57.2 Å². The molecule has 6 heteroatoms. The maximum absolute atomic E-state index is 12.9. The molecule has 0 aliphatic heterocycles. The van der Waals surface area contributed by atoms with Gasteiger partial charge in [-0.15, -0.1) is 0 Å². The third-order valence-corrected chi connectivity index (χ3v) is 15.1. The van der Waals surface area contributed by atoms with Crippen LogP contribution >= 0.6 is 0 Å². The van der Waals surface area contributed by atoms with Crippen molar-refractivity contribution in [3.8, 4) is 0 Å². The van der Waals surface area contributed by atoms with Crippen LogP contribution in [0, 0.1) is 0 Å². The van der Waals surface area contributed by atoms with Crippen LogP contribution in [0.5, 0.6) is 0 Å². The van der Waals surface area contributed by atoms with Gasteiger partial charge in [-0.05, 0) is 70.6 Å². The Labute approximate surface area is 467 Å². The standard InChI is InChI=1S/C69H128O6/c1-4-7-10-13-16-19-22-25-27-29-30-31-32-33-34-35-36-37-38-39-40-42-44-47-50-53-56-59-62-68(71)74-65-66(64-73-67(70)61-58-55-52-49-46-43-24-21-18-15-12-9-6-3)75-69(72)63-60-57-54-51-48-45-41-28-26-23-20-17-14-11-8-5-2/h12,15,21,24,28,41,66H,4-11,13-14,16-20,22-23,25-27,29-40,42-65H2,1-3H3/b15-12-,24-21-,41-28-. The van der Waals surface area contributed by atoms with Crippen LogP contribution in [0.25, 0.3) is 0 Å². The first-order valence-electron chi connectivity index (χ1n) is 33.5. The highest BCUT2D eigenvalue weighted by molar-refractivity contribution is 5.71. The Morgan fingerprint density at radius 3 is 0.800 bits per heavy atom. The monoisotopic (exact) mass is 1050 g/mol. The first kappa shape index (κ1) is 72.6. The van der Waals surface area contributed by atoms with Crippen LogP contribution in [0.2, 0.25) is 0 Å². The molecule has 0 heterocycles. The Morgan fingerprint density at radius 1 is 0.267 bits per heavy atom. The molecular weight excluding hydrogens is 925 g/mol. The van der Waals surface area contributed by atoms with E-state index < -0.39 is 6.10 Å². The summed E-state index contributed by atoms with van der Waals surface area (Å²) in [7, 11) is 0. The van der Waals surface area contributed by atoms with E-state index in [0.29, 0.717) is 19.3 Å². The minimum absolute atomic E-state index is 0.0761. The van der Waals surface area contributed by atoms with E-state index in [-0.39, 0.29) is 31.1 Å². The number of allylic oxidation sites excluding steroid dienone is 6. The fraction of sp³-hybridized carbons (Fsp3) is 0.870. The second kappa shape index (κ2) is 64.2. The Bertz CT molecular complexity index is 1250. The maximum atomic E-state index is 12.9. The van der Waals surface area contributed by atoms with Crippen LogP contribution in [-0.4, -0.2) is 37.2 Å². The normalized spacial score (nSPS) is 12.2. The lowest BCUT2D eigenvalue weighted by Crippen LogP contribution is -2.30. The topological polar surface area (TPSA) is 78.9 Å². The van der Waals surface area contributed by atoms with Gasteiger partial charge in [0.05, 0.1) is 0 Å². The summed E-state index contributed by atoms with van der Waals surface area (Å²) in [5, 5.41) is 0. The lowest BCUT2D eigenvalue weighted by atomic mass is 10.0. The number of rotatable bonds is 62. The maximum Gasteiger partial charge on any atom is 0.306 e. The molecule has 0 aromatic heterocycles. The molecule has 75 heavy (non-hydrogen) atoms. The summed E-state index contributed by atoms with van der Waals surface area (Å²) in [4.78, 5) is 38.3. The van der Waals surface area contributed by atoms with Crippen molar-refractivity contribution in [2.75, 3.05) is 13.2 Å². The number of hydrogen-bond donors (Lipinski definition) is 0. The van der Waals surface area contributed by atoms with Gasteiger partial charge < -0.3 is 14.2 Å². The van der Waals surface area contributed by atoms with Gasteiger partial charge in [0.1, 0.15) is 13.2 Å². The van der Waals surface area contributed by atoms with Crippen molar-refractivity contribution in [3.63, 3.8) is 0 Å². The minimum Gasteiger partial charge on any atom is -0.462 e. The number of carbonyl (C=O) groups is 3. The number of ether oxygens (including phenoxy) is 3. The van der Waals surface area contributed by atoms with E-state index in [1.165, 1.54) is 238 Å². The van der Waals surface area contributed by atoms with Crippen LogP contribution in [0.3, 0.4) is 0 Å². The van der Waals surface area contributed by atoms with Crippen LogP contribution in [0.15, 0.2) is 36.5 Å². The highest BCUT2D eigenvalue weighted by atomic mass is 16.6. The lowest BCUT2D eigenvalue weighted by Gasteiger charge is -2.18. The molecule has 0 N–H and O–H groups in total. The molecule has 0 aromatic carbocycles. The molecule has 0 aliphatic rings. The molecule has 0 amide bonds. The molecule has 0 radical (unpaired) electrons. The summed E-state index contributed by atoms with van der Waals surface area (Å²) in [6.45, 7) is 6.61. The quantitative estimate of drug-likeness (QED) is 0.0261. The summed E-state index contributed by atoms with van der Waals surface area (Å²) in [6.07, 6.45) is 78.9. The van der Waals surface area contributed by atoms with E-state index in [1.807, 2.05) is 0 Å². The van der Waals surface area contributed by atoms with Gasteiger partial charge in [-0.25, -0.2) is 0 Å². The number of hydrogen-bond acceptors (Lipinski definition) is 6. The minimum atomic E-state index is -0.780. The van der Waals surface area contributed by atoms with Crippen molar-refractivity contribution < 1.29 is 28.6 Å². The van der Waals surface area contributed by atoms with Crippen molar-refractivity contribution >= 4 is 17.9 Å². The Balaban J connectivity index is 4.18. The molecule has 0 saturated heterocycles. The summed E-state index contributed by atoms with van der Waals surface area (Å²) < 4.78 is 16.9. The van der Waals surface area contributed by atoms with Crippen molar-refractivity contribution in [2.45, 2.75) is 374 Å². The van der Waals surface area contributed by atoms with Gasteiger partial charge in [-0.1, -0.05) is 314 Å². The predicted molar refractivity (Wildman–Crippen MR) is 326 cm³/mol. The second-order valence-electron chi connectivity index (χ2n) is 22.7. The van der Waals surface area contributed by atoms with Gasteiger partial charge in [0, 0.05) is 19.3 Å². The molecule has 0 rings (SSSR count). The van der Waals surface area contributed by atoms with E-state index >= 15 is 0 Å². The van der Waals surface area contributed by atoms with Gasteiger partial charge >= 0.3 is 17.9 Å². The van der Waals surface area contributed by atoms with Crippen molar-refractivity contribution in [2.24, 2.45) is 0 Å². The molecule has 0 aliphatic carbocycles. The fourth-order valence-corrected chi connectivity index (χ4v) is 10.1. The third kappa shape index (κ3) is 62.4. The highest BCUT2D eigenvalue weighted by Crippen LogP contribution is 2.18. The second-order valence-corrected chi connectivity index (χ2v) is 22.7. The summed E-state index contributed by atoms with van der Waals surface area (Å²) in [5.74, 6) is -0.877. The number of carbonyl (C=O) groups excluding carboxylic acids is 3. The third-order valence-electron chi connectivity index (χ3n) is 15.1. The van der Waals surface area contributed by atoms with E-state index in [1.54, 1.807) is 0 Å². The predicted octanol–water partition coefficient (Wildman–Crippen LogP) is 22.8. The van der Waals surface area contributed by atoms with Gasteiger partial charge in [-0.3, -0.25) is 14.4 Å². The molecule has 0 aromatic rings. The molecule has 440 valence electrons. The van der Waals surface area contributed by atoms with Crippen molar-refractivity contribution in [1.29, 1.82) is 0 Å². The van der Waals surface area contributed by atoms with Crippen LogP contribution in [0.1, 0.15) is 367 Å². The largest absolute Gasteiger partial charge is 0.462 e. The van der Waals surface area contributed by atoms with Crippen LogP contribution < -0.4 is 0 Å². The van der Waals surface area contributed by atoms with E-state index in [9.17, 15) is 14.4 Å². The molecule has 0 fully saturated rings. The van der Waals surface area contributed by atoms with Gasteiger partial charge in [0.15, 0.2) is 6.10 Å². The molecule has 0 spiro atoms. The zero-order chi connectivity index (χ0) is 54.3. The smallest absolute Gasteiger partial charge is 0.306 e. The van der Waals surface area contributed by atoms with Crippen molar-refractivity contribution in [1.82, 2.24) is 0 Å². The molecule has 6 nitrogen and oxygen atoms in total. The van der Waals surface area contributed by atoms with Gasteiger partial charge in [-0.2, -0.15) is 0 Å². The summed E-state index contributed by atoms with van der Waals surface area (Å²) >= 11 is 0. The van der Waals surface area contributed by atoms with E-state index in [4.69, 9.17) is 14.2 Å². The molecule has 1 unspecified atom stereocenters.